The van der Waals surface area contributed by atoms with Gasteiger partial charge in [0.2, 0.25) is 0 Å². The topological polar surface area (TPSA) is 66.8 Å². The third kappa shape index (κ3) is 5.56. The van der Waals surface area contributed by atoms with Gasteiger partial charge < -0.3 is 14.6 Å². The second-order valence-corrected chi connectivity index (χ2v) is 12.1. The van der Waals surface area contributed by atoms with Crippen LogP contribution in [-0.4, -0.2) is 36.7 Å². The number of carbonyl (C=O) groups is 1. The Bertz CT molecular complexity index is 371. The van der Waals surface area contributed by atoms with Crippen LogP contribution in [0.5, 0.6) is 0 Å². The highest BCUT2D eigenvalue weighted by atomic mass is 28.4. The predicted molar refractivity (Wildman–Crippen MR) is 88.9 cm³/mol. The van der Waals surface area contributed by atoms with Crippen LogP contribution in [0.4, 0.5) is 0 Å². The van der Waals surface area contributed by atoms with E-state index in [2.05, 4.69) is 33.9 Å². The van der Waals surface area contributed by atoms with Crippen molar-refractivity contribution in [3.63, 3.8) is 0 Å². The van der Waals surface area contributed by atoms with Crippen LogP contribution in [0.15, 0.2) is 12.2 Å². The first-order valence-electron chi connectivity index (χ1n) is 7.56. The van der Waals surface area contributed by atoms with E-state index in [9.17, 15) is 15.0 Å². The normalized spacial score (nSPS) is 19.3. The zero-order chi connectivity index (χ0) is 17.0. The fraction of sp³-hybridized carbons (Fsp3) is 0.812. The Balaban J connectivity index is 5.40. The van der Waals surface area contributed by atoms with E-state index >= 15 is 0 Å². The number of carboxylic acids is 1. The summed E-state index contributed by atoms with van der Waals surface area (Å²) >= 11 is 0. The predicted octanol–water partition coefficient (Wildman–Crippen LogP) is 3.67. The molecule has 0 aromatic rings. The van der Waals surface area contributed by atoms with Gasteiger partial charge in [-0.15, -0.1) is 0 Å². The van der Waals surface area contributed by atoms with Crippen molar-refractivity contribution in [1.82, 2.24) is 0 Å². The number of aliphatic hydroxyl groups is 1. The molecular formula is C16H32O4Si. The van der Waals surface area contributed by atoms with Crippen LogP contribution in [0.25, 0.3) is 0 Å². The maximum absolute atomic E-state index is 11.4. The van der Waals surface area contributed by atoms with Gasteiger partial charge in [0.05, 0.1) is 18.1 Å². The van der Waals surface area contributed by atoms with Crippen molar-refractivity contribution in [2.24, 2.45) is 11.8 Å². The van der Waals surface area contributed by atoms with Crippen molar-refractivity contribution in [2.75, 3.05) is 0 Å². The quantitative estimate of drug-likeness (QED) is 0.555. The van der Waals surface area contributed by atoms with E-state index < -0.39 is 32.4 Å². The molecule has 0 spiro atoms. The highest BCUT2D eigenvalue weighted by Gasteiger charge is 2.43. The second-order valence-electron chi connectivity index (χ2n) is 7.35. The van der Waals surface area contributed by atoms with Crippen LogP contribution in [0.2, 0.25) is 18.1 Å². The number of allylic oxidation sites excluding steroid dienone is 1. The number of hydrogen-bond acceptors (Lipinski definition) is 3. The van der Waals surface area contributed by atoms with Gasteiger partial charge in [-0.25, -0.2) is 0 Å². The molecule has 0 rings (SSSR count). The third-order valence-electron chi connectivity index (χ3n) is 4.57. The van der Waals surface area contributed by atoms with Gasteiger partial charge in [0.15, 0.2) is 8.32 Å². The first kappa shape index (κ1) is 20.3. The number of rotatable bonds is 7. The van der Waals surface area contributed by atoms with Crippen molar-refractivity contribution in [1.29, 1.82) is 0 Å². The zero-order valence-electron chi connectivity index (χ0n) is 14.7. The molecule has 0 fully saturated rings. The number of aliphatic hydroxyl groups excluding tert-OH is 1. The molecule has 0 aromatic heterocycles. The van der Waals surface area contributed by atoms with E-state index in [1.807, 2.05) is 13.8 Å². The van der Waals surface area contributed by atoms with E-state index in [0.717, 1.165) is 0 Å². The Kier molecular flexibility index (Phi) is 7.33. The fourth-order valence-corrected chi connectivity index (χ4v) is 3.34. The average Bonchev–Trinajstić information content (AvgIpc) is 2.33. The molecule has 0 aliphatic rings. The highest BCUT2D eigenvalue weighted by Crippen LogP contribution is 2.39. The van der Waals surface area contributed by atoms with Gasteiger partial charge in [-0.2, -0.15) is 0 Å². The maximum Gasteiger partial charge on any atom is 0.308 e. The monoisotopic (exact) mass is 316 g/mol. The number of aliphatic carboxylic acids is 1. The Hall–Kier alpha value is -0.653. The largest absolute Gasteiger partial charge is 0.481 e. The van der Waals surface area contributed by atoms with Crippen molar-refractivity contribution in [3.05, 3.63) is 12.2 Å². The van der Waals surface area contributed by atoms with Crippen LogP contribution < -0.4 is 0 Å². The van der Waals surface area contributed by atoms with Crippen LogP contribution in [0.3, 0.4) is 0 Å². The van der Waals surface area contributed by atoms with Crippen molar-refractivity contribution < 1.29 is 19.4 Å². The van der Waals surface area contributed by atoms with Gasteiger partial charge >= 0.3 is 5.97 Å². The average molecular weight is 317 g/mol. The molecule has 2 N–H and O–H groups in total. The van der Waals surface area contributed by atoms with Gasteiger partial charge in [-0.3, -0.25) is 4.79 Å². The summed E-state index contributed by atoms with van der Waals surface area (Å²) in [6.45, 7) is 15.9. The lowest BCUT2D eigenvalue weighted by molar-refractivity contribution is -0.146. The van der Waals surface area contributed by atoms with E-state index in [-0.39, 0.29) is 11.0 Å². The summed E-state index contributed by atoms with van der Waals surface area (Å²) in [4.78, 5) is 11.4. The zero-order valence-corrected chi connectivity index (χ0v) is 15.7. The summed E-state index contributed by atoms with van der Waals surface area (Å²) in [5.41, 5.74) is 0. The molecule has 0 aliphatic carbocycles. The molecule has 5 heteroatoms. The highest BCUT2D eigenvalue weighted by molar-refractivity contribution is 6.74. The lowest BCUT2D eigenvalue weighted by atomic mass is 9.89. The van der Waals surface area contributed by atoms with Crippen LogP contribution in [-0.2, 0) is 9.22 Å². The molecule has 3 unspecified atom stereocenters. The minimum atomic E-state index is -2.11. The van der Waals surface area contributed by atoms with Crippen molar-refractivity contribution >= 4 is 14.3 Å². The summed E-state index contributed by atoms with van der Waals surface area (Å²) in [5.74, 6) is -1.83. The lowest BCUT2D eigenvalue weighted by Gasteiger charge is -2.42. The third-order valence-corrected chi connectivity index (χ3v) is 9.04. The van der Waals surface area contributed by atoms with Crippen molar-refractivity contribution in [3.8, 4) is 0 Å². The fourth-order valence-electron chi connectivity index (χ4n) is 1.89. The van der Waals surface area contributed by atoms with Crippen molar-refractivity contribution in [2.45, 2.75) is 71.9 Å². The molecule has 0 amide bonds. The minimum Gasteiger partial charge on any atom is -0.481 e. The summed E-state index contributed by atoms with van der Waals surface area (Å²) < 4.78 is 6.32. The lowest BCUT2D eigenvalue weighted by Crippen LogP contribution is -2.50. The second kappa shape index (κ2) is 7.56. The molecule has 21 heavy (non-hydrogen) atoms. The smallest absolute Gasteiger partial charge is 0.308 e. The first-order valence-corrected chi connectivity index (χ1v) is 10.5. The SMILES string of the molecule is CC=C[C@@H](O)C(C)C(O[Si](C)(C)C(C)(C)C)C(C)C(=O)O. The standard InChI is InChI=1S/C16H32O4Si/c1-9-10-13(17)11(2)14(12(3)15(18)19)20-21(7,8)16(4,5)6/h9-14,17H,1-8H3,(H,18,19)/t11?,12?,13-,14?/m1/s1. The summed E-state index contributed by atoms with van der Waals surface area (Å²) in [6, 6.07) is 0. The summed E-state index contributed by atoms with van der Waals surface area (Å²) in [7, 11) is -2.11. The Morgan fingerprint density at radius 3 is 2.05 bits per heavy atom. The molecule has 0 bridgehead atoms. The summed E-state index contributed by atoms with van der Waals surface area (Å²) in [6.07, 6.45) is 2.25. The van der Waals surface area contributed by atoms with Gasteiger partial charge in [-0.05, 0) is 32.0 Å². The minimum absolute atomic E-state index is 0.00522. The van der Waals surface area contributed by atoms with Crippen LogP contribution in [0.1, 0.15) is 41.5 Å². The number of carboxylic acid groups (broad SMARTS) is 1. The van der Waals surface area contributed by atoms with E-state index in [0.29, 0.717) is 0 Å². The van der Waals surface area contributed by atoms with Gasteiger partial charge in [0.25, 0.3) is 0 Å². The van der Waals surface area contributed by atoms with Gasteiger partial charge in [0.1, 0.15) is 0 Å². The maximum atomic E-state index is 11.4. The molecule has 0 saturated carbocycles. The van der Waals surface area contributed by atoms with E-state index in [4.69, 9.17) is 4.43 Å². The molecule has 0 heterocycles. The molecule has 0 aromatic carbocycles. The van der Waals surface area contributed by atoms with Gasteiger partial charge in [0, 0.05) is 5.92 Å². The van der Waals surface area contributed by atoms with Crippen LogP contribution in [0, 0.1) is 11.8 Å². The molecule has 0 aliphatic heterocycles. The summed E-state index contributed by atoms with van der Waals surface area (Å²) in [5, 5.41) is 19.5. The van der Waals surface area contributed by atoms with E-state index in [1.165, 1.54) is 0 Å². The molecular weight excluding hydrogens is 284 g/mol. The first-order chi connectivity index (χ1) is 9.35. The molecule has 4 nitrogen and oxygen atoms in total. The van der Waals surface area contributed by atoms with E-state index in [1.54, 1.807) is 19.1 Å². The molecule has 0 saturated heterocycles. The van der Waals surface area contributed by atoms with Crippen LogP contribution >= 0.6 is 0 Å². The Labute approximate surface area is 130 Å². The Morgan fingerprint density at radius 2 is 1.71 bits per heavy atom. The molecule has 124 valence electrons. The Morgan fingerprint density at radius 1 is 1.24 bits per heavy atom. The molecule has 4 atom stereocenters. The van der Waals surface area contributed by atoms with Gasteiger partial charge in [-0.1, -0.05) is 39.8 Å². The number of hydrogen-bond donors (Lipinski definition) is 2. The molecule has 0 radical (unpaired) electrons.